The zero-order valence-corrected chi connectivity index (χ0v) is 49.8. The number of fused-ring (bicyclic) bond motifs is 5. The van der Waals surface area contributed by atoms with Crippen LogP contribution in [0.1, 0.15) is 106 Å². The highest BCUT2D eigenvalue weighted by atomic mass is 19.1. The summed E-state index contributed by atoms with van der Waals surface area (Å²) in [4.78, 5) is 165. The number of amides is 9. The molecule has 2 aromatic carbocycles. The van der Waals surface area contributed by atoms with Gasteiger partial charge in [0.05, 0.1) is 61.2 Å². The number of rotatable bonds is 22. The van der Waals surface area contributed by atoms with Gasteiger partial charge in [0, 0.05) is 41.2 Å². The number of hydrogen-bond acceptors (Lipinski definition) is 18. The summed E-state index contributed by atoms with van der Waals surface area (Å²) in [7, 11) is 0. The molecule has 28 heteroatoms. The Balaban J connectivity index is 0.840. The summed E-state index contributed by atoms with van der Waals surface area (Å²) >= 11 is 0. The van der Waals surface area contributed by atoms with Crippen LogP contribution >= 0.6 is 0 Å². The Kier molecular flexibility index (Phi) is 19.3. The lowest BCUT2D eigenvalue weighted by atomic mass is 9.81. The molecular formula is C60H69FN10O17. The number of benzene rings is 2. The van der Waals surface area contributed by atoms with Crippen molar-refractivity contribution in [2.24, 2.45) is 0 Å². The monoisotopic (exact) mass is 1220 g/mol. The number of aryl methyl sites for hydroxylation is 1. The highest BCUT2D eigenvalue weighted by Gasteiger charge is 2.46. The first-order valence-corrected chi connectivity index (χ1v) is 28.3. The third kappa shape index (κ3) is 14.7. The van der Waals surface area contributed by atoms with Crippen LogP contribution in [0.4, 0.5) is 9.18 Å². The third-order valence-corrected chi connectivity index (χ3v) is 14.8. The van der Waals surface area contributed by atoms with Crippen LogP contribution in [0, 0.1) is 12.7 Å². The van der Waals surface area contributed by atoms with Crippen molar-refractivity contribution in [3.8, 4) is 11.4 Å². The Labute approximate surface area is 503 Å². The number of esters is 2. The zero-order chi connectivity index (χ0) is 64.2. The lowest BCUT2D eigenvalue weighted by molar-refractivity contribution is -0.172. The number of hydrogen-bond donors (Lipinski definition) is 7. The molecule has 0 saturated carbocycles. The summed E-state index contributed by atoms with van der Waals surface area (Å²) in [5.74, 6) is -9.13. The molecule has 0 saturated heterocycles. The first-order valence-electron chi connectivity index (χ1n) is 28.3. The molecule has 0 fully saturated rings. The Bertz CT molecular complexity index is 3610. The van der Waals surface area contributed by atoms with Gasteiger partial charge in [-0.1, -0.05) is 37.3 Å². The quantitative estimate of drug-likeness (QED) is 0.0165. The van der Waals surface area contributed by atoms with Gasteiger partial charge in [0.2, 0.25) is 35.4 Å². The Morgan fingerprint density at radius 1 is 0.830 bits per heavy atom. The number of nitrogens with zero attached hydrogens (tertiary/aromatic N) is 4. The largest absolute Gasteiger partial charge is 0.459 e. The smallest absolute Gasteiger partial charge is 0.410 e. The van der Waals surface area contributed by atoms with Crippen molar-refractivity contribution in [2.45, 2.75) is 129 Å². The van der Waals surface area contributed by atoms with Gasteiger partial charge < -0.3 is 60.5 Å². The molecule has 0 unspecified atom stereocenters. The molecule has 4 aromatic rings. The number of halogens is 1. The Morgan fingerprint density at radius 2 is 1.48 bits per heavy atom. The summed E-state index contributed by atoms with van der Waals surface area (Å²) < 4.78 is 38.4. The first kappa shape index (κ1) is 64.6. The second-order valence-corrected chi connectivity index (χ2v) is 23.4. The van der Waals surface area contributed by atoms with Crippen molar-refractivity contribution in [1.82, 2.24) is 51.3 Å². The first-order chi connectivity index (χ1) is 41.5. The summed E-state index contributed by atoms with van der Waals surface area (Å²) in [5, 5.41) is 27.0. The van der Waals surface area contributed by atoms with Crippen molar-refractivity contribution >= 4 is 76.2 Å². The molecule has 1 aliphatic carbocycles. The predicted molar refractivity (Wildman–Crippen MR) is 307 cm³/mol. The summed E-state index contributed by atoms with van der Waals surface area (Å²) in [6, 6.07) is 7.61. The van der Waals surface area contributed by atoms with Gasteiger partial charge in [0.1, 0.15) is 55.6 Å². The number of aromatic nitrogens is 2. The van der Waals surface area contributed by atoms with Gasteiger partial charge in [-0.15, -0.1) is 0 Å². The van der Waals surface area contributed by atoms with Crippen LogP contribution < -0.4 is 37.5 Å². The van der Waals surface area contributed by atoms with Crippen LogP contribution in [0.3, 0.4) is 0 Å². The van der Waals surface area contributed by atoms with Gasteiger partial charge in [-0.2, -0.15) is 0 Å². The minimum absolute atomic E-state index is 0.0241. The van der Waals surface area contributed by atoms with Crippen LogP contribution in [0.15, 0.2) is 59.4 Å². The summed E-state index contributed by atoms with van der Waals surface area (Å²) in [6.45, 7) is 7.70. The van der Waals surface area contributed by atoms with E-state index in [1.165, 1.54) is 10.6 Å². The number of cyclic esters (lactones) is 1. The molecule has 4 aliphatic rings. The molecule has 27 nitrogen and oxygen atoms in total. The third-order valence-electron chi connectivity index (χ3n) is 14.8. The van der Waals surface area contributed by atoms with E-state index in [4.69, 9.17) is 23.9 Å². The molecule has 7 N–H and O–H groups in total. The number of carbonyl (C=O) groups excluding carboxylic acids is 11. The van der Waals surface area contributed by atoms with Gasteiger partial charge in [-0.3, -0.25) is 57.7 Å². The fourth-order valence-electron chi connectivity index (χ4n) is 10.7. The Hall–Kier alpha value is -9.44. The minimum atomic E-state index is -2.08. The molecule has 8 rings (SSSR count). The molecule has 3 aliphatic heterocycles. The Morgan fingerprint density at radius 3 is 2.14 bits per heavy atom. The van der Waals surface area contributed by atoms with E-state index in [9.17, 15) is 62.6 Å². The molecule has 88 heavy (non-hydrogen) atoms. The maximum absolute atomic E-state index is 15.4. The summed E-state index contributed by atoms with van der Waals surface area (Å²) in [5.41, 5.74) is -0.541. The van der Waals surface area contributed by atoms with Crippen LogP contribution in [-0.4, -0.2) is 159 Å². The SMILES string of the molecule is CC[C@@]1(O)C(=O)OCc2c1cc1n(c2=O)Cc2c-1nc1cc(F)c(C)c3c1c2[C@@H](NC(=O)COCNC(=O)CNC(=O)[C@H](Cc1ccccc1)NC(=O)CNC(=O)CNC(=O)[C@H](CN(CC(=O)OC(C)(C)C)C(=O)OC(C)(C)C)N1C(=O)C=CC1=O)CC3. The standard InChI is InChI=1S/C60H69FN10O17/c1-9-60(84)36-20-41-52-34(25-70(41)55(81)35(36)28-86-56(60)82)51-38(16-15-33-31(2)37(61)21-39(68-52)50(33)51)66-46(75)29-85-30-65-44(73)23-63-53(79)40(19-32-13-11-10-12-14-32)67-45(74)24-62-43(72)22-64-54(80)42(71-47(76)17-18-48(71)77)26-69(57(83)88-59(6,7)8)27-49(78)87-58(3,4)5/h10-14,17-18,20-21,38,40,42,84H,9,15-16,19,22-30H2,1-8H3,(H,62,72)(H,63,79)(H,64,80)(H,65,73)(H,66,75)(H,67,74)/t38-,40-,42-,60-/m0/s1. The van der Waals surface area contributed by atoms with Crippen LogP contribution in [0.2, 0.25) is 0 Å². The molecule has 9 amide bonds. The van der Waals surface area contributed by atoms with E-state index in [0.717, 1.165) is 17.1 Å². The average molecular weight is 1220 g/mol. The van der Waals surface area contributed by atoms with Crippen molar-refractivity contribution in [2.75, 3.05) is 46.1 Å². The van der Waals surface area contributed by atoms with E-state index in [-0.39, 0.29) is 42.6 Å². The lowest BCUT2D eigenvalue weighted by Gasteiger charge is -2.32. The van der Waals surface area contributed by atoms with Crippen LogP contribution in [0.5, 0.6) is 0 Å². The normalized spacial score (nSPS) is 17.1. The van der Waals surface area contributed by atoms with E-state index >= 15 is 4.39 Å². The number of ether oxygens (including phenoxy) is 4. The van der Waals surface area contributed by atoms with Crippen LogP contribution in [-0.2, 0) is 98.5 Å². The number of carbonyl (C=O) groups is 11. The van der Waals surface area contributed by atoms with Crippen molar-refractivity contribution in [3.05, 3.63) is 110 Å². The second kappa shape index (κ2) is 26.3. The van der Waals surface area contributed by atoms with E-state index in [1.54, 1.807) is 91.8 Å². The number of imide groups is 1. The predicted octanol–water partition coefficient (Wildman–Crippen LogP) is 0.669. The van der Waals surface area contributed by atoms with E-state index in [2.05, 4.69) is 31.9 Å². The molecule has 468 valence electrons. The zero-order valence-electron chi connectivity index (χ0n) is 49.8. The van der Waals surface area contributed by atoms with Gasteiger partial charge in [-0.05, 0) is 96.0 Å². The highest BCUT2D eigenvalue weighted by molar-refractivity contribution is 6.15. The fraction of sp³-hybridized carbons (Fsp3) is 0.450. The maximum Gasteiger partial charge on any atom is 0.410 e. The fourth-order valence-corrected chi connectivity index (χ4v) is 10.7. The topological polar surface area (TPSA) is 358 Å². The molecule has 0 bridgehead atoms. The second-order valence-electron chi connectivity index (χ2n) is 23.4. The number of aliphatic hydroxyl groups is 1. The van der Waals surface area contributed by atoms with Crippen molar-refractivity contribution in [3.63, 3.8) is 0 Å². The molecule has 5 heterocycles. The summed E-state index contributed by atoms with van der Waals surface area (Å²) in [6.07, 6.45) is 1.28. The molecule has 0 radical (unpaired) electrons. The van der Waals surface area contributed by atoms with E-state index in [1.807, 2.05) is 0 Å². The lowest BCUT2D eigenvalue weighted by Crippen LogP contribution is -2.57. The average Bonchev–Trinajstić information content (AvgIpc) is 1.66. The minimum Gasteiger partial charge on any atom is -0.459 e. The highest BCUT2D eigenvalue weighted by Crippen LogP contribution is 2.46. The molecule has 0 spiro atoms. The van der Waals surface area contributed by atoms with E-state index < -0.39 is 158 Å². The van der Waals surface area contributed by atoms with Gasteiger partial charge in [-0.25, -0.2) is 19.0 Å². The van der Waals surface area contributed by atoms with Crippen LogP contribution in [0.25, 0.3) is 22.3 Å². The molecule has 2 aromatic heterocycles. The molecule has 4 atom stereocenters. The maximum atomic E-state index is 15.4. The van der Waals surface area contributed by atoms with Crippen molar-refractivity contribution in [1.29, 1.82) is 0 Å². The van der Waals surface area contributed by atoms with Gasteiger partial charge in [0.25, 0.3) is 17.4 Å². The van der Waals surface area contributed by atoms with Crippen molar-refractivity contribution < 1.29 is 81.2 Å². The van der Waals surface area contributed by atoms with E-state index in [0.29, 0.717) is 62.3 Å². The van der Waals surface area contributed by atoms with Gasteiger partial charge in [0.15, 0.2) is 5.60 Å². The molecular weight excluding hydrogens is 1150 g/mol. The number of nitrogens with one attached hydrogen (secondary N) is 6. The number of pyridine rings is 2. The van der Waals surface area contributed by atoms with Gasteiger partial charge >= 0.3 is 18.0 Å².